The Kier molecular flexibility index (Phi) is 3.12. The molecule has 0 spiro atoms. The normalized spacial score (nSPS) is 16.9. The van der Waals surface area contributed by atoms with E-state index in [0.29, 0.717) is 5.57 Å². The number of hydrogen-bond acceptors (Lipinski definition) is 3. The lowest BCUT2D eigenvalue weighted by atomic mass is 9.93. The molecule has 0 fully saturated rings. The Morgan fingerprint density at radius 1 is 1.67 bits per heavy atom. The highest BCUT2D eigenvalue weighted by Gasteiger charge is 2.23. The Hall–Kier alpha value is -0.540. The molecule has 1 nitrogen and oxygen atoms in total. The van der Waals surface area contributed by atoms with Crippen LogP contribution < -0.4 is 0 Å². The van der Waals surface area contributed by atoms with Crippen molar-refractivity contribution in [3.8, 4) is 0 Å². The van der Waals surface area contributed by atoms with E-state index in [1.165, 1.54) is 0 Å². The molecule has 12 heavy (non-hydrogen) atoms. The van der Waals surface area contributed by atoms with E-state index in [0.717, 1.165) is 28.4 Å². The molecular weight excluding hydrogens is 188 g/mol. The second-order valence-electron chi connectivity index (χ2n) is 2.62. The number of carbonyl (C=O) groups is 1. The highest BCUT2D eigenvalue weighted by Crippen LogP contribution is 2.27. The van der Waals surface area contributed by atoms with Gasteiger partial charge in [-0.2, -0.15) is 0 Å². The van der Waals surface area contributed by atoms with Crippen molar-refractivity contribution >= 4 is 27.6 Å². The number of carbonyl (C=O) groups excluding carboxylic acids is 1. The third-order valence-corrected chi connectivity index (χ3v) is 2.39. The van der Waals surface area contributed by atoms with E-state index in [9.17, 15) is 4.79 Å². The maximum absolute atomic E-state index is 11.2. The second-order valence-corrected chi connectivity index (χ2v) is 3.72. The third kappa shape index (κ3) is 2.22. The second kappa shape index (κ2) is 3.92. The molecule has 1 rings (SSSR count). The monoisotopic (exact) mass is 197 g/mol. The van der Waals surface area contributed by atoms with E-state index >= 15 is 0 Å². The van der Waals surface area contributed by atoms with Crippen molar-refractivity contribution in [1.29, 1.82) is 0 Å². The van der Waals surface area contributed by atoms with Gasteiger partial charge < -0.3 is 0 Å². The van der Waals surface area contributed by atoms with Crippen molar-refractivity contribution in [2.45, 2.75) is 6.42 Å². The predicted molar refractivity (Wildman–Crippen MR) is 56.9 cm³/mol. The fraction of sp³-hybridized carbons (Fsp3) is 0.111. The first-order chi connectivity index (χ1) is 5.63. The lowest BCUT2D eigenvalue weighted by Crippen LogP contribution is -2.04. The molecule has 0 aliphatic heterocycles. The van der Waals surface area contributed by atoms with Crippen LogP contribution in [-0.2, 0) is 4.79 Å². The average molecular weight is 197 g/mol. The summed E-state index contributed by atoms with van der Waals surface area (Å²) in [6.07, 6.45) is 4.31. The van der Waals surface area contributed by atoms with Crippen molar-refractivity contribution in [2.75, 3.05) is 0 Å². The van der Waals surface area contributed by atoms with E-state index in [4.69, 9.17) is 0 Å². The first-order valence-electron chi connectivity index (χ1n) is 3.41. The van der Waals surface area contributed by atoms with E-state index in [1.54, 1.807) is 12.5 Å². The molecule has 62 valence electrons. The van der Waals surface area contributed by atoms with Gasteiger partial charge in [0.15, 0.2) is 5.57 Å². The van der Waals surface area contributed by atoms with Gasteiger partial charge in [-0.25, -0.2) is 4.79 Å². The highest BCUT2D eigenvalue weighted by atomic mass is 33.1. The topological polar surface area (TPSA) is 17.1 Å². The van der Waals surface area contributed by atoms with Crippen LogP contribution in [0.25, 0.3) is 0 Å². The Morgan fingerprint density at radius 3 is 2.83 bits per heavy atom. The fourth-order valence-electron chi connectivity index (χ4n) is 1.05. The van der Waals surface area contributed by atoms with Crippen molar-refractivity contribution in [3.05, 3.63) is 42.4 Å². The molecule has 0 aromatic carbocycles. The van der Waals surface area contributed by atoms with Crippen molar-refractivity contribution in [1.82, 2.24) is 0 Å². The molecule has 0 unspecified atom stereocenters. The molecule has 1 aliphatic carbocycles. The van der Waals surface area contributed by atoms with Crippen molar-refractivity contribution in [2.24, 2.45) is 0 Å². The van der Waals surface area contributed by atoms with Gasteiger partial charge >= 0.3 is 5.12 Å². The van der Waals surface area contributed by atoms with Crippen molar-refractivity contribution in [3.63, 3.8) is 0 Å². The van der Waals surface area contributed by atoms with Gasteiger partial charge in [0, 0.05) is 35.3 Å². The van der Waals surface area contributed by atoms with Gasteiger partial charge in [0.05, 0.1) is 0 Å². The van der Waals surface area contributed by atoms with Crippen LogP contribution in [0.15, 0.2) is 36.0 Å². The molecule has 0 radical (unpaired) electrons. The Bertz CT molecular complexity index is 276. The molecule has 1 aliphatic rings. The summed E-state index contributed by atoms with van der Waals surface area (Å²) in [6.45, 7) is 7.58. The SMILES string of the molecule is C=C1C=C(C(=O)SS)[CH+]C(=C)C1. The number of hydrogen-bond donors (Lipinski definition) is 1. The van der Waals surface area contributed by atoms with Crippen LogP contribution in [0, 0.1) is 6.42 Å². The van der Waals surface area contributed by atoms with Gasteiger partial charge in [-0.15, -0.1) is 0 Å². The molecule has 3 heteroatoms. The predicted octanol–water partition coefficient (Wildman–Crippen LogP) is 2.74. The molecule has 0 saturated heterocycles. The van der Waals surface area contributed by atoms with E-state index in [1.807, 2.05) is 0 Å². The van der Waals surface area contributed by atoms with Gasteiger partial charge in [0.2, 0.25) is 0 Å². The maximum Gasteiger partial charge on any atom is 0.312 e. The molecule has 0 amide bonds. The molecule has 0 atom stereocenters. The summed E-state index contributed by atoms with van der Waals surface area (Å²) in [5.41, 5.74) is 2.48. The highest BCUT2D eigenvalue weighted by molar-refractivity contribution is 8.75. The number of allylic oxidation sites excluding steroid dienone is 3. The van der Waals surface area contributed by atoms with E-state index < -0.39 is 0 Å². The summed E-state index contributed by atoms with van der Waals surface area (Å²) < 4.78 is 0. The summed E-state index contributed by atoms with van der Waals surface area (Å²) in [6, 6.07) is 0. The summed E-state index contributed by atoms with van der Waals surface area (Å²) in [5.74, 6) is 0. The first kappa shape index (κ1) is 9.55. The summed E-state index contributed by atoms with van der Waals surface area (Å²) in [7, 11) is 0.909. The fourth-order valence-corrected chi connectivity index (χ4v) is 1.59. The summed E-state index contributed by atoms with van der Waals surface area (Å²) >= 11 is 3.83. The average Bonchev–Trinajstić information content (AvgIpc) is 2.01. The van der Waals surface area contributed by atoms with Crippen LogP contribution in [0.2, 0.25) is 0 Å². The minimum absolute atomic E-state index is 0.0552. The number of rotatable bonds is 1. The lowest BCUT2D eigenvalue weighted by molar-refractivity contribution is -0.107. The molecule has 0 saturated carbocycles. The largest absolute Gasteiger partial charge is 0.312 e. The van der Waals surface area contributed by atoms with Gasteiger partial charge in [0.25, 0.3) is 0 Å². The maximum atomic E-state index is 11.2. The van der Waals surface area contributed by atoms with Gasteiger partial charge in [-0.1, -0.05) is 18.2 Å². The standard InChI is InChI=1S/C9H8OS2/c1-6-3-7(2)5-8(4-6)9(10)12-11/h4-5H,1-3H2/p+1. The Morgan fingerprint density at radius 2 is 2.33 bits per heavy atom. The first-order valence-corrected chi connectivity index (χ1v) is 5.28. The van der Waals surface area contributed by atoms with Crippen LogP contribution in [0.1, 0.15) is 6.42 Å². The minimum atomic E-state index is -0.0552. The van der Waals surface area contributed by atoms with Crippen molar-refractivity contribution < 1.29 is 4.79 Å². The third-order valence-electron chi connectivity index (χ3n) is 1.49. The molecule has 0 aromatic heterocycles. The zero-order valence-electron chi connectivity index (χ0n) is 6.54. The Labute approximate surface area is 81.4 Å². The van der Waals surface area contributed by atoms with Gasteiger partial charge in [0.1, 0.15) is 0 Å². The molecular formula is C9H9OS2+. The van der Waals surface area contributed by atoms with Crippen LogP contribution in [-0.4, -0.2) is 5.12 Å². The zero-order valence-corrected chi connectivity index (χ0v) is 8.25. The lowest BCUT2D eigenvalue weighted by Gasteiger charge is -2.07. The molecule has 0 heterocycles. The van der Waals surface area contributed by atoms with Crippen LogP contribution >= 0.6 is 22.5 Å². The molecule has 0 bridgehead atoms. The zero-order chi connectivity index (χ0) is 9.14. The van der Waals surface area contributed by atoms with E-state index in [2.05, 4.69) is 24.8 Å². The smallest absolute Gasteiger partial charge is 0.221 e. The van der Waals surface area contributed by atoms with Crippen LogP contribution in [0.5, 0.6) is 0 Å². The quantitative estimate of drug-likeness (QED) is 0.395. The van der Waals surface area contributed by atoms with Gasteiger partial charge in [-0.3, -0.25) is 0 Å². The Balaban J connectivity index is 2.83. The van der Waals surface area contributed by atoms with Crippen LogP contribution in [0.4, 0.5) is 0 Å². The molecule has 0 aromatic rings. The summed E-state index contributed by atoms with van der Waals surface area (Å²) in [5, 5.41) is -0.0552. The minimum Gasteiger partial charge on any atom is -0.221 e. The van der Waals surface area contributed by atoms with Gasteiger partial charge in [-0.05, 0) is 12.2 Å². The molecule has 0 N–H and O–H groups in total. The summed E-state index contributed by atoms with van der Waals surface area (Å²) in [4.78, 5) is 11.2. The van der Waals surface area contributed by atoms with E-state index in [-0.39, 0.29) is 5.12 Å². The van der Waals surface area contributed by atoms with Crippen LogP contribution in [0.3, 0.4) is 0 Å². The number of thiol groups is 1.